The maximum absolute atomic E-state index is 13.4. The van der Waals surface area contributed by atoms with Crippen LogP contribution >= 0.6 is 11.8 Å². The van der Waals surface area contributed by atoms with Crippen LogP contribution in [0.25, 0.3) is 0 Å². The van der Waals surface area contributed by atoms with Gasteiger partial charge in [0.1, 0.15) is 5.25 Å². The minimum Gasteiger partial charge on any atom is -0.325 e. The van der Waals surface area contributed by atoms with Gasteiger partial charge in [-0.15, -0.1) is 11.8 Å². The van der Waals surface area contributed by atoms with Crippen LogP contribution in [0.15, 0.2) is 102 Å². The number of hydrogen-bond donors (Lipinski definition) is 2. The molecule has 4 rings (SSSR count). The Morgan fingerprint density at radius 2 is 1.54 bits per heavy atom. The Bertz CT molecular complexity index is 1460. The molecule has 2 amide bonds. The zero-order valence-electron chi connectivity index (χ0n) is 20.3. The molecule has 0 spiro atoms. The fourth-order valence-corrected chi connectivity index (χ4v) is 4.89. The third kappa shape index (κ3) is 6.42. The van der Waals surface area contributed by atoms with Crippen molar-refractivity contribution in [3.05, 3.63) is 129 Å². The van der Waals surface area contributed by atoms with Crippen LogP contribution in [0.3, 0.4) is 0 Å². The van der Waals surface area contributed by atoms with Crippen LogP contribution in [0, 0.1) is 24.0 Å². The van der Waals surface area contributed by atoms with Gasteiger partial charge in [-0.25, -0.2) is 0 Å². The van der Waals surface area contributed by atoms with Crippen molar-refractivity contribution in [1.82, 2.24) is 0 Å². The van der Waals surface area contributed by atoms with Gasteiger partial charge in [0.25, 0.3) is 11.6 Å². The summed E-state index contributed by atoms with van der Waals surface area (Å²) >= 11 is 1.35. The molecule has 0 fully saturated rings. The minimum atomic E-state index is -0.599. The number of nitrogens with zero attached hydrogens (tertiary/aromatic N) is 1. The second-order valence-electron chi connectivity index (χ2n) is 8.45. The largest absolute Gasteiger partial charge is 0.325 e. The molecule has 2 N–H and O–H groups in total. The molecule has 0 saturated carbocycles. The van der Waals surface area contributed by atoms with E-state index in [0.717, 1.165) is 16.0 Å². The number of hydrogen-bond acceptors (Lipinski definition) is 5. The van der Waals surface area contributed by atoms with E-state index < -0.39 is 10.2 Å². The highest BCUT2D eigenvalue weighted by Crippen LogP contribution is 2.37. The van der Waals surface area contributed by atoms with Crippen molar-refractivity contribution in [1.29, 1.82) is 0 Å². The SMILES string of the molecule is Cc1cc([N+](=O)[O-])ccc1NC(=O)C(Sc1cccc(NC(=O)c2ccccc2C)c1)c1ccccc1. The van der Waals surface area contributed by atoms with E-state index in [0.29, 0.717) is 22.5 Å². The fraction of sp³-hybridized carbons (Fsp3) is 0.103. The number of nitro groups is 1. The number of carbonyl (C=O) groups is 2. The molecule has 0 aromatic heterocycles. The summed E-state index contributed by atoms with van der Waals surface area (Å²) < 4.78 is 0. The number of nitrogens with one attached hydrogen (secondary N) is 2. The van der Waals surface area contributed by atoms with Crippen molar-refractivity contribution in [3.63, 3.8) is 0 Å². The maximum Gasteiger partial charge on any atom is 0.269 e. The molecule has 4 aromatic carbocycles. The quantitative estimate of drug-likeness (QED) is 0.152. The number of non-ortho nitro benzene ring substituents is 1. The molecular weight excluding hydrogens is 486 g/mol. The second kappa shape index (κ2) is 11.5. The van der Waals surface area contributed by atoms with E-state index in [-0.39, 0.29) is 17.5 Å². The van der Waals surface area contributed by atoms with Gasteiger partial charge in [0.2, 0.25) is 5.91 Å². The molecule has 0 bridgehead atoms. The Balaban J connectivity index is 1.56. The smallest absolute Gasteiger partial charge is 0.269 e. The molecule has 0 heterocycles. The number of amides is 2. The number of anilines is 2. The van der Waals surface area contributed by atoms with E-state index in [1.807, 2.05) is 73.7 Å². The Morgan fingerprint density at radius 3 is 2.24 bits per heavy atom. The number of rotatable bonds is 8. The van der Waals surface area contributed by atoms with E-state index in [9.17, 15) is 19.7 Å². The highest BCUT2D eigenvalue weighted by Gasteiger charge is 2.23. The van der Waals surface area contributed by atoms with Crippen LogP contribution in [0.4, 0.5) is 17.1 Å². The predicted molar refractivity (Wildman–Crippen MR) is 147 cm³/mol. The monoisotopic (exact) mass is 511 g/mol. The summed E-state index contributed by atoms with van der Waals surface area (Å²) in [5, 5.41) is 16.3. The summed E-state index contributed by atoms with van der Waals surface area (Å²) in [5.74, 6) is -0.464. The average molecular weight is 512 g/mol. The summed E-state index contributed by atoms with van der Waals surface area (Å²) in [6, 6.07) is 28.4. The van der Waals surface area contributed by atoms with Gasteiger partial charge in [-0.2, -0.15) is 0 Å². The highest BCUT2D eigenvalue weighted by atomic mass is 32.2. The van der Waals surface area contributed by atoms with Gasteiger partial charge >= 0.3 is 0 Å². The normalized spacial score (nSPS) is 11.4. The van der Waals surface area contributed by atoms with Crippen molar-refractivity contribution in [2.45, 2.75) is 24.0 Å². The standard InChI is InChI=1S/C29H25N3O4S/c1-19-9-6-7-14-25(19)28(33)30-22-12-8-13-24(18-22)37-27(21-10-4-3-5-11-21)29(34)31-26-16-15-23(32(35)36)17-20(26)2/h3-18,27H,1-2H3,(H,30,33)(H,31,34). The van der Waals surface area contributed by atoms with Gasteiger partial charge in [0, 0.05) is 34.0 Å². The van der Waals surface area contributed by atoms with Crippen LogP contribution in [0.2, 0.25) is 0 Å². The van der Waals surface area contributed by atoms with Gasteiger partial charge < -0.3 is 10.6 Å². The Hall–Kier alpha value is -4.43. The summed E-state index contributed by atoms with van der Waals surface area (Å²) in [4.78, 5) is 37.6. The molecule has 1 atom stereocenters. The number of thioether (sulfide) groups is 1. The van der Waals surface area contributed by atoms with Crippen LogP contribution in [0.1, 0.15) is 32.3 Å². The van der Waals surface area contributed by atoms with Crippen molar-refractivity contribution in [2.24, 2.45) is 0 Å². The first-order valence-electron chi connectivity index (χ1n) is 11.6. The van der Waals surface area contributed by atoms with E-state index in [4.69, 9.17) is 0 Å². The average Bonchev–Trinajstić information content (AvgIpc) is 2.89. The lowest BCUT2D eigenvalue weighted by Crippen LogP contribution is -2.19. The van der Waals surface area contributed by atoms with Crippen LogP contribution < -0.4 is 10.6 Å². The zero-order chi connectivity index (χ0) is 26.4. The molecule has 4 aromatic rings. The van der Waals surface area contributed by atoms with Gasteiger partial charge in [0.15, 0.2) is 0 Å². The third-order valence-electron chi connectivity index (χ3n) is 5.75. The van der Waals surface area contributed by atoms with Gasteiger partial charge in [-0.1, -0.05) is 54.6 Å². The molecule has 37 heavy (non-hydrogen) atoms. The van der Waals surface area contributed by atoms with Crippen LogP contribution in [-0.4, -0.2) is 16.7 Å². The summed E-state index contributed by atoms with van der Waals surface area (Å²) in [6.07, 6.45) is 0. The Labute approximate surface area is 219 Å². The molecule has 0 aliphatic heterocycles. The summed E-state index contributed by atoms with van der Waals surface area (Å²) in [7, 11) is 0. The van der Waals surface area contributed by atoms with Gasteiger partial charge in [0.05, 0.1) is 4.92 Å². The van der Waals surface area contributed by atoms with Gasteiger partial charge in [-0.3, -0.25) is 19.7 Å². The van der Waals surface area contributed by atoms with E-state index in [1.165, 1.54) is 23.9 Å². The molecule has 0 aliphatic rings. The number of nitro benzene ring substituents is 1. The number of carbonyl (C=O) groups excluding carboxylic acids is 2. The second-order valence-corrected chi connectivity index (χ2v) is 9.63. The first kappa shape index (κ1) is 25.7. The first-order valence-corrected chi connectivity index (χ1v) is 12.4. The molecule has 7 nitrogen and oxygen atoms in total. The number of benzene rings is 4. The van der Waals surface area contributed by atoms with Crippen LogP contribution in [-0.2, 0) is 4.79 Å². The molecular formula is C29H25N3O4S. The zero-order valence-corrected chi connectivity index (χ0v) is 21.1. The van der Waals surface area contributed by atoms with Crippen LogP contribution in [0.5, 0.6) is 0 Å². The minimum absolute atomic E-state index is 0.0333. The third-order valence-corrected chi connectivity index (χ3v) is 7.00. The Kier molecular flexibility index (Phi) is 8.00. The molecule has 0 aliphatic carbocycles. The van der Waals surface area contributed by atoms with E-state index >= 15 is 0 Å². The fourth-order valence-electron chi connectivity index (χ4n) is 3.81. The predicted octanol–water partition coefficient (Wildman–Crippen LogP) is 6.94. The molecule has 1 unspecified atom stereocenters. The summed E-state index contributed by atoms with van der Waals surface area (Å²) in [5.41, 5.74) is 3.98. The summed E-state index contributed by atoms with van der Waals surface area (Å²) in [6.45, 7) is 3.60. The maximum atomic E-state index is 13.4. The first-order chi connectivity index (χ1) is 17.8. The lowest BCUT2D eigenvalue weighted by molar-refractivity contribution is -0.384. The van der Waals surface area contributed by atoms with Crippen molar-refractivity contribution in [2.75, 3.05) is 10.6 Å². The topological polar surface area (TPSA) is 101 Å². The lowest BCUT2D eigenvalue weighted by atomic mass is 10.1. The highest BCUT2D eigenvalue weighted by molar-refractivity contribution is 8.00. The molecule has 0 radical (unpaired) electrons. The molecule has 0 saturated heterocycles. The van der Waals surface area contributed by atoms with Gasteiger partial charge in [-0.05, 0) is 60.9 Å². The molecule has 8 heteroatoms. The molecule has 186 valence electrons. The van der Waals surface area contributed by atoms with Crippen molar-refractivity contribution in [3.8, 4) is 0 Å². The Morgan fingerprint density at radius 1 is 0.811 bits per heavy atom. The van der Waals surface area contributed by atoms with Crippen molar-refractivity contribution >= 4 is 40.6 Å². The number of aryl methyl sites for hydroxylation is 2. The van der Waals surface area contributed by atoms with Crippen molar-refractivity contribution < 1.29 is 14.5 Å². The lowest BCUT2D eigenvalue weighted by Gasteiger charge is -2.18. The van der Waals surface area contributed by atoms with E-state index in [1.54, 1.807) is 25.1 Å². The van der Waals surface area contributed by atoms with E-state index in [2.05, 4.69) is 10.6 Å².